The highest BCUT2D eigenvalue weighted by atomic mass is 35.5. The molecule has 4 heterocycles. The molecular formula is C29H35ClN9O2+. The number of nitrogen functional groups attached to an aromatic ring is 2. The van der Waals surface area contributed by atoms with E-state index in [4.69, 9.17) is 39.5 Å². The predicted octanol–water partition coefficient (Wildman–Crippen LogP) is 1.66. The molecule has 2 amide bonds. The molecule has 41 heavy (non-hydrogen) atoms. The third-order valence-electron chi connectivity index (χ3n) is 8.65. The summed E-state index contributed by atoms with van der Waals surface area (Å²) in [6, 6.07) is 19.8. The molecule has 1 aromatic heterocycles. The summed E-state index contributed by atoms with van der Waals surface area (Å²) in [7, 11) is 0. The van der Waals surface area contributed by atoms with Gasteiger partial charge in [0, 0.05) is 25.7 Å². The molecule has 9 N–H and O–H groups in total. The molecule has 0 radical (unpaired) electrons. The fourth-order valence-electron chi connectivity index (χ4n) is 6.57. The van der Waals surface area contributed by atoms with Crippen molar-refractivity contribution in [2.45, 2.75) is 37.3 Å². The molecule has 0 spiro atoms. The Morgan fingerprint density at radius 2 is 1.49 bits per heavy atom. The third-order valence-corrected chi connectivity index (χ3v) is 8.93. The zero-order valence-corrected chi connectivity index (χ0v) is 23.4. The van der Waals surface area contributed by atoms with Crippen molar-refractivity contribution in [3.8, 4) is 0 Å². The lowest BCUT2D eigenvalue weighted by Crippen LogP contribution is -2.78. The van der Waals surface area contributed by atoms with Crippen LogP contribution in [-0.4, -0.2) is 63.4 Å². The van der Waals surface area contributed by atoms with E-state index in [-0.39, 0.29) is 46.3 Å². The molecule has 3 fully saturated rings. The number of aliphatic imine (C=N–C) groups is 1. The quantitative estimate of drug-likeness (QED) is 0.153. The maximum absolute atomic E-state index is 13.7. The maximum Gasteiger partial charge on any atom is 0.280 e. The molecule has 0 unspecified atom stereocenters. The van der Waals surface area contributed by atoms with E-state index >= 15 is 0 Å². The number of anilines is 2. The van der Waals surface area contributed by atoms with Crippen LogP contribution in [0.15, 0.2) is 65.7 Å². The minimum absolute atomic E-state index is 0.0724. The first kappa shape index (κ1) is 28.3. The number of primary amides is 1. The number of nitrogens with one attached hydrogen (secondary N) is 1. The zero-order chi connectivity index (χ0) is 29.2. The molecule has 3 aliphatic rings. The van der Waals surface area contributed by atoms with Crippen molar-refractivity contribution in [3.05, 3.63) is 82.6 Å². The number of quaternary nitrogens is 1. The SMILES string of the molecule is NC(=O)C(Cc1ccccc1)(Cc1ccccc1)[N+]12CCC(CC1)[C@H](N=C(N)NC(=O)c1nc(Cl)c(N)nc1N)C2. The summed E-state index contributed by atoms with van der Waals surface area (Å²) >= 11 is 5.93. The second kappa shape index (κ2) is 11.3. The highest BCUT2D eigenvalue weighted by Crippen LogP contribution is 2.44. The van der Waals surface area contributed by atoms with Crippen LogP contribution in [0.2, 0.25) is 5.15 Å². The van der Waals surface area contributed by atoms with E-state index in [9.17, 15) is 9.59 Å². The van der Waals surface area contributed by atoms with E-state index in [2.05, 4.69) is 15.3 Å². The van der Waals surface area contributed by atoms with Crippen molar-refractivity contribution in [2.75, 3.05) is 31.1 Å². The fraction of sp³-hybridized carbons (Fsp3) is 0.345. The molecular weight excluding hydrogens is 542 g/mol. The van der Waals surface area contributed by atoms with Crippen LogP contribution < -0.4 is 28.3 Å². The van der Waals surface area contributed by atoms with E-state index in [0.29, 0.717) is 23.9 Å². The number of amides is 2. The van der Waals surface area contributed by atoms with E-state index < -0.39 is 11.4 Å². The normalized spacial score (nSPS) is 22.3. The average Bonchev–Trinajstić information content (AvgIpc) is 2.96. The van der Waals surface area contributed by atoms with Gasteiger partial charge in [0.05, 0.1) is 13.1 Å². The Kier molecular flexibility index (Phi) is 7.83. The fourth-order valence-corrected chi connectivity index (χ4v) is 6.70. The molecule has 0 aliphatic carbocycles. The topological polar surface area (TPSA) is 188 Å². The third kappa shape index (κ3) is 5.55. The van der Waals surface area contributed by atoms with Gasteiger partial charge in [0.1, 0.15) is 12.6 Å². The molecule has 214 valence electrons. The van der Waals surface area contributed by atoms with Crippen LogP contribution >= 0.6 is 11.6 Å². The van der Waals surface area contributed by atoms with Gasteiger partial charge in [0.2, 0.25) is 0 Å². The molecule has 3 saturated heterocycles. The Bertz CT molecular complexity index is 1420. The number of piperidine rings is 3. The number of nitrogens with two attached hydrogens (primary N) is 4. The number of carbonyl (C=O) groups is 2. The summed E-state index contributed by atoms with van der Waals surface area (Å²) in [5.74, 6) is -1.07. The second-order valence-corrected chi connectivity index (χ2v) is 11.4. The van der Waals surface area contributed by atoms with Gasteiger partial charge in [-0.15, -0.1) is 0 Å². The van der Waals surface area contributed by atoms with Crippen LogP contribution in [0, 0.1) is 5.92 Å². The average molecular weight is 577 g/mol. The van der Waals surface area contributed by atoms with Gasteiger partial charge < -0.3 is 27.4 Å². The largest absolute Gasteiger partial charge is 0.382 e. The molecule has 6 rings (SSSR count). The summed E-state index contributed by atoms with van der Waals surface area (Å²) in [6.07, 6.45) is 2.72. The molecule has 11 nitrogen and oxygen atoms in total. The number of halogens is 1. The van der Waals surface area contributed by atoms with Crippen molar-refractivity contribution in [1.82, 2.24) is 15.3 Å². The van der Waals surface area contributed by atoms with Crippen LogP contribution in [0.4, 0.5) is 11.6 Å². The van der Waals surface area contributed by atoms with Crippen molar-refractivity contribution >= 4 is 41.0 Å². The molecule has 1 atom stereocenters. The second-order valence-electron chi connectivity index (χ2n) is 11.0. The van der Waals surface area contributed by atoms with Crippen LogP contribution in [-0.2, 0) is 17.6 Å². The van der Waals surface area contributed by atoms with Gasteiger partial charge >= 0.3 is 0 Å². The Hall–Kier alpha value is -4.22. The lowest BCUT2D eigenvalue weighted by Gasteiger charge is -2.59. The van der Waals surface area contributed by atoms with Gasteiger partial charge in [-0.3, -0.25) is 14.9 Å². The van der Waals surface area contributed by atoms with Crippen LogP contribution in [0.5, 0.6) is 0 Å². The lowest BCUT2D eigenvalue weighted by molar-refractivity contribution is -0.980. The number of hydrogen-bond donors (Lipinski definition) is 5. The summed E-state index contributed by atoms with van der Waals surface area (Å²) in [5.41, 5.74) is 25.0. The number of carbonyl (C=O) groups excluding carboxylic acids is 2. The maximum atomic E-state index is 13.7. The van der Waals surface area contributed by atoms with Crippen molar-refractivity contribution < 1.29 is 14.1 Å². The minimum Gasteiger partial charge on any atom is -0.382 e. The Labute approximate surface area is 243 Å². The van der Waals surface area contributed by atoms with Crippen LogP contribution in [0.1, 0.15) is 34.5 Å². The first-order chi connectivity index (χ1) is 19.6. The Morgan fingerprint density at radius 1 is 0.927 bits per heavy atom. The van der Waals surface area contributed by atoms with Gasteiger partial charge in [-0.05, 0) is 17.0 Å². The first-order valence-corrected chi connectivity index (χ1v) is 14.0. The zero-order valence-electron chi connectivity index (χ0n) is 22.7. The highest BCUT2D eigenvalue weighted by Gasteiger charge is 2.61. The van der Waals surface area contributed by atoms with E-state index in [1.54, 1.807) is 0 Å². The van der Waals surface area contributed by atoms with Crippen LogP contribution in [0.25, 0.3) is 0 Å². The standard InChI is InChI=1S/C29H34ClN9O2/c30-23-25(32)37-24(31)22(36-23)26(40)38-28(34)35-21-17-39(13-11-20(21)12-14-39)29(27(33)41,15-18-7-3-1-4-8-18)16-19-9-5-2-6-10-19/h1-10,20-21H,11-17H2,(H8-,31,32,33,34,35,37,38,40,41)/p+1/t20?,21-,39?/m1/s1. The lowest BCUT2D eigenvalue weighted by atomic mass is 9.72. The smallest absolute Gasteiger partial charge is 0.280 e. The molecule has 0 saturated carbocycles. The molecule has 3 aliphatic heterocycles. The first-order valence-electron chi connectivity index (χ1n) is 13.6. The molecule has 2 aromatic carbocycles. The predicted molar refractivity (Wildman–Crippen MR) is 159 cm³/mol. The van der Waals surface area contributed by atoms with Gasteiger partial charge in [-0.25, -0.2) is 15.0 Å². The number of fused-ring (bicyclic) bond motifs is 3. The number of nitrogens with zero attached hydrogens (tertiary/aromatic N) is 4. The van der Waals surface area contributed by atoms with E-state index in [1.807, 2.05) is 60.7 Å². The van der Waals surface area contributed by atoms with Gasteiger partial charge in [-0.1, -0.05) is 72.3 Å². The summed E-state index contributed by atoms with van der Waals surface area (Å²) < 4.78 is 0.504. The van der Waals surface area contributed by atoms with Gasteiger partial charge in [0.15, 0.2) is 34.0 Å². The number of hydrogen-bond acceptors (Lipinski definition) is 7. The summed E-state index contributed by atoms with van der Waals surface area (Å²) in [6.45, 7) is 2.18. The van der Waals surface area contributed by atoms with Crippen molar-refractivity contribution in [2.24, 2.45) is 22.4 Å². The Balaban J connectivity index is 1.46. The van der Waals surface area contributed by atoms with E-state index in [1.165, 1.54) is 0 Å². The minimum atomic E-state index is -0.898. The molecule has 12 heteroatoms. The number of aromatic nitrogens is 2. The molecule has 3 aromatic rings. The van der Waals surface area contributed by atoms with Crippen molar-refractivity contribution in [1.29, 1.82) is 0 Å². The number of benzene rings is 2. The van der Waals surface area contributed by atoms with Gasteiger partial charge in [-0.2, -0.15) is 0 Å². The Morgan fingerprint density at radius 3 is 2.02 bits per heavy atom. The van der Waals surface area contributed by atoms with Gasteiger partial charge in [0.25, 0.3) is 11.8 Å². The van der Waals surface area contributed by atoms with Crippen LogP contribution in [0.3, 0.4) is 0 Å². The number of rotatable bonds is 8. The molecule has 2 bridgehead atoms. The van der Waals surface area contributed by atoms with Crippen molar-refractivity contribution in [3.63, 3.8) is 0 Å². The summed E-state index contributed by atoms with van der Waals surface area (Å²) in [5, 5.41) is 2.42. The van der Waals surface area contributed by atoms with E-state index in [0.717, 1.165) is 37.1 Å². The summed E-state index contributed by atoms with van der Waals surface area (Å²) in [4.78, 5) is 39.0. The highest BCUT2D eigenvalue weighted by molar-refractivity contribution is 6.31. The monoisotopic (exact) mass is 576 g/mol. The number of guanidine groups is 1.